The molecule has 0 aliphatic heterocycles. The summed E-state index contributed by atoms with van der Waals surface area (Å²) in [4.78, 5) is 0. The van der Waals surface area contributed by atoms with Gasteiger partial charge in [0.05, 0.1) is 41.2 Å². The standard InChI is InChI=1S/C20H21NO5S/c1-22-13-8-6-12(7-9-13)17-15(11-27-21-17)14-10-16(23-2)19(25-4)20(26-5)18(14)24-3/h6-11H,1-5H3. The molecule has 3 aromatic rings. The molecule has 7 heteroatoms. The second-order valence-corrected chi connectivity index (χ2v) is 6.16. The van der Waals surface area contributed by atoms with Gasteiger partial charge in [-0.1, -0.05) is 0 Å². The minimum Gasteiger partial charge on any atom is -0.497 e. The Hall–Kier alpha value is -2.93. The van der Waals surface area contributed by atoms with E-state index in [0.29, 0.717) is 23.0 Å². The summed E-state index contributed by atoms with van der Waals surface area (Å²) in [6, 6.07) is 9.64. The third-order valence-corrected chi connectivity index (χ3v) is 4.84. The zero-order chi connectivity index (χ0) is 19.4. The zero-order valence-corrected chi connectivity index (χ0v) is 16.7. The molecule has 0 atom stereocenters. The van der Waals surface area contributed by atoms with Crippen LogP contribution in [0.25, 0.3) is 22.4 Å². The van der Waals surface area contributed by atoms with Gasteiger partial charge in [0.2, 0.25) is 11.5 Å². The predicted octanol–water partition coefficient (Wildman–Crippen LogP) is 4.52. The van der Waals surface area contributed by atoms with Crippen molar-refractivity contribution in [3.8, 4) is 51.1 Å². The quantitative estimate of drug-likeness (QED) is 0.594. The normalized spacial score (nSPS) is 10.4. The van der Waals surface area contributed by atoms with Crippen LogP contribution >= 0.6 is 11.5 Å². The van der Waals surface area contributed by atoms with Crippen LogP contribution in [0.1, 0.15) is 0 Å². The lowest BCUT2D eigenvalue weighted by atomic mass is 10.00. The van der Waals surface area contributed by atoms with E-state index in [0.717, 1.165) is 28.1 Å². The molecule has 1 heterocycles. The zero-order valence-electron chi connectivity index (χ0n) is 15.9. The summed E-state index contributed by atoms with van der Waals surface area (Å²) < 4.78 is 32.0. The molecule has 3 rings (SSSR count). The van der Waals surface area contributed by atoms with Gasteiger partial charge in [-0.3, -0.25) is 0 Å². The molecule has 0 fully saturated rings. The molecule has 0 bridgehead atoms. The first kappa shape index (κ1) is 18.8. The Bertz CT molecular complexity index is 921. The minimum absolute atomic E-state index is 0.473. The Balaban J connectivity index is 2.21. The first-order chi connectivity index (χ1) is 13.2. The number of nitrogens with zero attached hydrogens (tertiary/aromatic N) is 1. The molecule has 0 amide bonds. The first-order valence-electron chi connectivity index (χ1n) is 8.14. The molecule has 0 aliphatic rings. The Morgan fingerprint density at radius 2 is 1.37 bits per heavy atom. The van der Waals surface area contributed by atoms with Crippen LogP contribution in [0, 0.1) is 0 Å². The number of methoxy groups -OCH3 is 5. The summed E-state index contributed by atoms with van der Waals surface area (Å²) in [5, 5.41) is 1.97. The molecular weight excluding hydrogens is 366 g/mol. The SMILES string of the molecule is COc1ccc(-c2nscc2-c2cc(OC)c(OC)c(OC)c2OC)cc1. The summed E-state index contributed by atoms with van der Waals surface area (Å²) in [5.74, 6) is 2.86. The van der Waals surface area contributed by atoms with E-state index in [1.165, 1.54) is 11.5 Å². The van der Waals surface area contributed by atoms with E-state index in [-0.39, 0.29) is 0 Å². The molecule has 0 saturated heterocycles. The van der Waals surface area contributed by atoms with Crippen LogP contribution < -0.4 is 23.7 Å². The van der Waals surface area contributed by atoms with Crippen LogP contribution in [-0.2, 0) is 0 Å². The number of hydrogen-bond donors (Lipinski definition) is 0. The van der Waals surface area contributed by atoms with Crippen LogP contribution in [0.4, 0.5) is 0 Å². The molecule has 0 N–H and O–H groups in total. The van der Waals surface area contributed by atoms with Gasteiger partial charge in [-0.05, 0) is 41.9 Å². The summed E-state index contributed by atoms with van der Waals surface area (Å²) in [6.45, 7) is 0. The van der Waals surface area contributed by atoms with E-state index in [2.05, 4.69) is 4.37 Å². The second kappa shape index (κ2) is 8.18. The monoisotopic (exact) mass is 387 g/mol. The maximum Gasteiger partial charge on any atom is 0.207 e. The van der Waals surface area contributed by atoms with Crippen LogP contribution in [0.2, 0.25) is 0 Å². The third kappa shape index (κ3) is 3.38. The van der Waals surface area contributed by atoms with Gasteiger partial charge in [0.15, 0.2) is 11.5 Å². The number of benzene rings is 2. The summed E-state index contributed by atoms with van der Waals surface area (Å²) >= 11 is 1.37. The van der Waals surface area contributed by atoms with Crippen molar-refractivity contribution in [2.75, 3.05) is 35.5 Å². The van der Waals surface area contributed by atoms with Gasteiger partial charge in [-0.15, -0.1) is 0 Å². The Morgan fingerprint density at radius 3 is 1.93 bits per heavy atom. The van der Waals surface area contributed by atoms with E-state index in [4.69, 9.17) is 23.7 Å². The Morgan fingerprint density at radius 1 is 0.704 bits per heavy atom. The lowest BCUT2D eigenvalue weighted by Crippen LogP contribution is -2.00. The van der Waals surface area contributed by atoms with E-state index in [1.807, 2.05) is 35.7 Å². The van der Waals surface area contributed by atoms with Crippen molar-refractivity contribution in [1.82, 2.24) is 4.37 Å². The number of aromatic nitrogens is 1. The number of rotatable bonds is 7. The molecule has 0 radical (unpaired) electrons. The molecule has 6 nitrogen and oxygen atoms in total. The molecule has 1 aromatic heterocycles. The largest absolute Gasteiger partial charge is 0.497 e. The third-order valence-electron chi connectivity index (χ3n) is 4.21. The van der Waals surface area contributed by atoms with Crippen LogP contribution in [0.5, 0.6) is 28.7 Å². The van der Waals surface area contributed by atoms with E-state index in [9.17, 15) is 0 Å². The average Bonchev–Trinajstić information content (AvgIpc) is 3.21. The fourth-order valence-electron chi connectivity index (χ4n) is 2.92. The lowest BCUT2D eigenvalue weighted by Gasteiger charge is -2.18. The van der Waals surface area contributed by atoms with Crippen LogP contribution in [0.3, 0.4) is 0 Å². The maximum absolute atomic E-state index is 5.66. The topological polar surface area (TPSA) is 59.0 Å². The van der Waals surface area contributed by atoms with Crippen molar-refractivity contribution in [3.63, 3.8) is 0 Å². The molecule has 142 valence electrons. The van der Waals surface area contributed by atoms with Gasteiger partial charge in [-0.25, -0.2) is 0 Å². The summed E-state index contributed by atoms with van der Waals surface area (Å²) in [6.07, 6.45) is 0. The van der Waals surface area contributed by atoms with E-state index >= 15 is 0 Å². The second-order valence-electron chi connectivity index (χ2n) is 5.53. The van der Waals surface area contributed by atoms with E-state index in [1.54, 1.807) is 35.5 Å². The highest BCUT2D eigenvalue weighted by Crippen LogP contribution is 2.51. The summed E-state index contributed by atoms with van der Waals surface area (Å²) in [5.41, 5.74) is 3.55. The Labute approximate surface area is 162 Å². The fourth-order valence-corrected chi connectivity index (χ4v) is 3.62. The predicted molar refractivity (Wildman–Crippen MR) is 106 cm³/mol. The van der Waals surface area contributed by atoms with Crippen molar-refractivity contribution in [1.29, 1.82) is 0 Å². The van der Waals surface area contributed by atoms with Crippen LogP contribution in [-0.4, -0.2) is 39.9 Å². The number of ether oxygens (including phenoxy) is 5. The van der Waals surface area contributed by atoms with E-state index < -0.39 is 0 Å². The van der Waals surface area contributed by atoms with Gasteiger partial charge >= 0.3 is 0 Å². The average molecular weight is 387 g/mol. The highest BCUT2D eigenvalue weighted by molar-refractivity contribution is 7.04. The van der Waals surface area contributed by atoms with Crippen LogP contribution in [0.15, 0.2) is 35.7 Å². The maximum atomic E-state index is 5.66. The molecule has 0 unspecified atom stereocenters. The Kier molecular flexibility index (Phi) is 5.71. The van der Waals surface area contributed by atoms with Crippen molar-refractivity contribution in [2.24, 2.45) is 0 Å². The molecule has 27 heavy (non-hydrogen) atoms. The van der Waals surface area contributed by atoms with Crippen molar-refractivity contribution < 1.29 is 23.7 Å². The van der Waals surface area contributed by atoms with Crippen molar-refractivity contribution >= 4 is 11.5 Å². The fraction of sp³-hybridized carbons (Fsp3) is 0.250. The van der Waals surface area contributed by atoms with Gasteiger partial charge in [-0.2, -0.15) is 4.37 Å². The van der Waals surface area contributed by atoms with Gasteiger partial charge in [0.1, 0.15) is 5.75 Å². The highest BCUT2D eigenvalue weighted by Gasteiger charge is 2.25. The minimum atomic E-state index is 0.473. The number of hydrogen-bond acceptors (Lipinski definition) is 7. The molecular formula is C20H21NO5S. The summed E-state index contributed by atoms with van der Waals surface area (Å²) in [7, 11) is 7.96. The molecule has 0 spiro atoms. The van der Waals surface area contributed by atoms with Crippen molar-refractivity contribution in [2.45, 2.75) is 0 Å². The van der Waals surface area contributed by atoms with Gasteiger partial charge < -0.3 is 23.7 Å². The van der Waals surface area contributed by atoms with Gasteiger partial charge in [0, 0.05) is 22.1 Å². The molecule has 0 saturated carbocycles. The smallest absolute Gasteiger partial charge is 0.207 e. The lowest BCUT2D eigenvalue weighted by molar-refractivity contribution is 0.306. The highest BCUT2D eigenvalue weighted by atomic mass is 32.1. The molecule has 0 aliphatic carbocycles. The first-order valence-corrected chi connectivity index (χ1v) is 8.98. The van der Waals surface area contributed by atoms with Crippen molar-refractivity contribution in [3.05, 3.63) is 35.7 Å². The molecule has 2 aromatic carbocycles. The van der Waals surface area contributed by atoms with Gasteiger partial charge in [0.25, 0.3) is 0 Å².